The summed E-state index contributed by atoms with van der Waals surface area (Å²) in [6.45, 7) is 5.49. The molecule has 3 heterocycles. The van der Waals surface area contributed by atoms with E-state index in [9.17, 15) is 9.59 Å². The summed E-state index contributed by atoms with van der Waals surface area (Å²) in [6, 6.07) is 6.07. The van der Waals surface area contributed by atoms with Crippen molar-refractivity contribution in [3.63, 3.8) is 0 Å². The van der Waals surface area contributed by atoms with Gasteiger partial charge >= 0.3 is 6.09 Å². The van der Waals surface area contributed by atoms with Gasteiger partial charge in [0.15, 0.2) is 11.5 Å². The van der Waals surface area contributed by atoms with Crippen molar-refractivity contribution in [3.05, 3.63) is 23.8 Å². The van der Waals surface area contributed by atoms with Crippen molar-refractivity contribution in [2.75, 3.05) is 39.6 Å². The maximum Gasteiger partial charge on any atom is 0.409 e. The second kappa shape index (κ2) is 7.29. The number of ether oxygens (including phenoxy) is 3. The van der Waals surface area contributed by atoms with Crippen molar-refractivity contribution in [2.24, 2.45) is 5.41 Å². The highest BCUT2D eigenvalue weighted by atomic mass is 16.7. The van der Waals surface area contributed by atoms with Crippen molar-refractivity contribution in [1.82, 2.24) is 9.80 Å². The van der Waals surface area contributed by atoms with Crippen LogP contribution in [0.1, 0.15) is 31.7 Å². The van der Waals surface area contributed by atoms with E-state index in [1.165, 1.54) is 5.56 Å². The van der Waals surface area contributed by atoms with Crippen molar-refractivity contribution in [3.8, 4) is 11.5 Å². The standard InChI is InChI=1S/C20H26N2O5/c1-20(12-15-3-4-16-17(11-15)27-14-26-16)6-5-18(23)22(13-20)9-8-21-7-2-10-25-19(21)24/h3-4,11H,2,5-10,12-14H2,1H3/t20-/m0/s1. The molecular formula is C20H26N2O5. The SMILES string of the molecule is C[C@@]1(Cc2ccc3c(c2)OCO3)CCC(=O)N(CCN2CCCOC2=O)C1. The van der Waals surface area contributed by atoms with Gasteiger partial charge in [-0.25, -0.2) is 4.79 Å². The molecule has 2 saturated heterocycles. The highest BCUT2D eigenvalue weighted by molar-refractivity contribution is 5.77. The minimum atomic E-state index is -0.270. The summed E-state index contributed by atoms with van der Waals surface area (Å²) in [5.41, 5.74) is 1.19. The average molecular weight is 374 g/mol. The second-order valence-electron chi connectivity index (χ2n) is 7.95. The molecule has 0 bridgehead atoms. The van der Waals surface area contributed by atoms with E-state index in [1.54, 1.807) is 4.90 Å². The Morgan fingerprint density at radius 3 is 2.74 bits per heavy atom. The number of rotatable bonds is 5. The van der Waals surface area contributed by atoms with Crippen LogP contribution in [0.15, 0.2) is 18.2 Å². The van der Waals surface area contributed by atoms with Gasteiger partial charge in [0, 0.05) is 32.6 Å². The van der Waals surface area contributed by atoms with Gasteiger partial charge in [-0.15, -0.1) is 0 Å². The normalized spacial score (nSPS) is 24.9. The van der Waals surface area contributed by atoms with E-state index in [0.29, 0.717) is 39.2 Å². The highest BCUT2D eigenvalue weighted by Gasteiger charge is 2.35. The number of piperidine rings is 1. The molecule has 2 amide bonds. The number of carbonyl (C=O) groups is 2. The fourth-order valence-electron chi connectivity index (χ4n) is 4.13. The van der Waals surface area contributed by atoms with Gasteiger partial charge in [0.25, 0.3) is 0 Å². The first-order chi connectivity index (χ1) is 13.0. The summed E-state index contributed by atoms with van der Waals surface area (Å²) in [6.07, 6.45) is 2.86. The van der Waals surface area contributed by atoms with Gasteiger partial charge in [0.05, 0.1) is 6.61 Å². The number of benzene rings is 1. The van der Waals surface area contributed by atoms with Crippen molar-refractivity contribution >= 4 is 12.0 Å². The molecule has 146 valence electrons. The molecule has 2 fully saturated rings. The molecule has 1 atom stereocenters. The van der Waals surface area contributed by atoms with E-state index in [0.717, 1.165) is 30.8 Å². The third kappa shape index (κ3) is 3.96. The lowest BCUT2D eigenvalue weighted by Gasteiger charge is -2.41. The van der Waals surface area contributed by atoms with Gasteiger partial charge in [-0.2, -0.15) is 0 Å². The molecule has 0 unspecified atom stereocenters. The number of carbonyl (C=O) groups excluding carboxylic acids is 2. The van der Waals surface area contributed by atoms with Crippen molar-refractivity contribution in [2.45, 2.75) is 32.6 Å². The minimum absolute atomic E-state index is 0.00398. The first-order valence-electron chi connectivity index (χ1n) is 9.60. The fraction of sp³-hybridized carbons (Fsp3) is 0.600. The lowest BCUT2D eigenvalue weighted by atomic mass is 9.76. The summed E-state index contributed by atoms with van der Waals surface area (Å²) in [4.78, 5) is 27.8. The Bertz CT molecular complexity index is 737. The van der Waals surface area contributed by atoms with E-state index in [-0.39, 0.29) is 24.2 Å². The van der Waals surface area contributed by atoms with E-state index >= 15 is 0 Å². The van der Waals surface area contributed by atoms with Gasteiger partial charge in [-0.1, -0.05) is 13.0 Å². The molecule has 0 radical (unpaired) electrons. The first kappa shape index (κ1) is 17.9. The Kier molecular flexibility index (Phi) is 4.85. The van der Waals surface area contributed by atoms with E-state index in [2.05, 4.69) is 13.0 Å². The zero-order valence-electron chi connectivity index (χ0n) is 15.7. The molecule has 0 N–H and O–H groups in total. The highest BCUT2D eigenvalue weighted by Crippen LogP contribution is 2.37. The number of hydrogen-bond acceptors (Lipinski definition) is 5. The largest absolute Gasteiger partial charge is 0.454 e. The number of fused-ring (bicyclic) bond motifs is 1. The van der Waals surface area contributed by atoms with Crippen LogP contribution in [0.5, 0.6) is 11.5 Å². The number of likely N-dealkylation sites (tertiary alicyclic amines) is 1. The van der Waals surface area contributed by atoms with Crippen LogP contribution >= 0.6 is 0 Å². The first-order valence-corrected chi connectivity index (χ1v) is 9.60. The number of hydrogen-bond donors (Lipinski definition) is 0. The zero-order chi connectivity index (χ0) is 18.9. The minimum Gasteiger partial charge on any atom is -0.454 e. The van der Waals surface area contributed by atoms with E-state index < -0.39 is 0 Å². The Labute approximate surface area is 159 Å². The van der Waals surface area contributed by atoms with Crippen molar-refractivity contribution < 1.29 is 23.8 Å². The van der Waals surface area contributed by atoms with Crippen LogP contribution in [0.2, 0.25) is 0 Å². The monoisotopic (exact) mass is 374 g/mol. The van der Waals surface area contributed by atoms with Gasteiger partial charge in [-0.3, -0.25) is 4.79 Å². The summed E-state index contributed by atoms with van der Waals surface area (Å²) < 4.78 is 15.9. The third-order valence-corrected chi connectivity index (χ3v) is 5.63. The predicted octanol–water partition coefficient (Wildman–Crippen LogP) is 2.43. The lowest BCUT2D eigenvalue weighted by molar-refractivity contribution is -0.137. The predicted molar refractivity (Wildman–Crippen MR) is 97.7 cm³/mol. The molecule has 1 aromatic carbocycles. The molecule has 0 aliphatic carbocycles. The van der Waals surface area contributed by atoms with Crippen LogP contribution in [0.4, 0.5) is 4.79 Å². The molecular weight excluding hydrogens is 348 g/mol. The number of cyclic esters (lactones) is 1. The molecule has 27 heavy (non-hydrogen) atoms. The smallest absolute Gasteiger partial charge is 0.409 e. The number of amides is 2. The van der Waals surface area contributed by atoms with Crippen LogP contribution in [0.25, 0.3) is 0 Å². The van der Waals surface area contributed by atoms with Crippen LogP contribution in [-0.4, -0.2) is 61.4 Å². The summed E-state index contributed by atoms with van der Waals surface area (Å²) in [5.74, 6) is 1.75. The van der Waals surface area contributed by atoms with E-state index in [4.69, 9.17) is 14.2 Å². The molecule has 7 nitrogen and oxygen atoms in total. The van der Waals surface area contributed by atoms with Crippen LogP contribution in [0.3, 0.4) is 0 Å². The maximum absolute atomic E-state index is 12.4. The quantitative estimate of drug-likeness (QED) is 0.792. The molecule has 0 spiro atoms. The Balaban J connectivity index is 1.38. The van der Waals surface area contributed by atoms with Crippen LogP contribution in [-0.2, 0) is 16.0 Å². The molecule has 1 aromatic rings. The molecule has 3 aliphatic rings. The molecule has 4 rings (SSSR count). The van der Waals surface area contributed by atoms with Crippen LogP contribution in [0, 0.1) is 5.41 Å². The maximum atomic E-state index is 12.4. The van der Waals surface area contributed by atoms with Crippen molar-refractivity contribution in [1.29, 1.82) is 0 Å². The zero-order valence-corrected chi connectivity index (χ0v) is 15.7. The fourth-order valence-corrected chi connectivity index (χ4v) is 4.13. The molecule has 0 aromatic heterocycles. The van der Waals surface area contributed by atoms with Crippen LogP contribution < -0.4 is 9.47 Å². The molecule has 3 aliphatic heterocycles. The van der Waals surface area contributed by atoms with Gasteiger partial charge in [-0.05, 0) is 42.4 Å². The second-order valence-corrected chi connectivity index (χ2v) is 7.95. The van der Waals surface area contributed by atoms with Gasteiger partial charge in [0.1, 0.15) is 0 Å². The number of nitrogens with zero attached hydrogens (tertiary/aromatic N) is 2. The summed E-state index contributed by atoms with van der Waals surface area (Å²) in [7, 11) is 0. The summed E-state index contributed by atoms with van der Waals surface area (Å²) in [5, 5.41) is 0. The Morgan fingerprint density at radius 2 is 1.89 bits per heavy atom. The van der Waals surface area contributed by atoms with Gasteiger partial charge in [0.2, 0.25) is 12.7 Å². The Hall–Kier alpha value is -2.44. The topological polar surface area (TPSA) is 68.3 Å². The molecule has 0 saturated carbocycles. The van der Waals surface area contributed by atoms with Gasteiger partial charge < -0.3 is 24.0 Å². The molecule has 7 heteroatoms. The Morgan fingerprint density at radius 1 is 1.07 bits per heavy atom. The lowest BCUT2D eigenvalue weighted by Crippen LogP contribution is -2.50. The third-order valence-electron chi connectivity index (χ3n) is 5.63. The average Bonchev–Trinajstić information content (AvgIpc) is 3.11. The summed E-state index contributed by atoms with van der Waals surface area (Å²) >= 11 is 0. The van der Waals surface area contributed by atoms with E-state index in [1.807, 2.05) is 17.0 Å².